The third-order valence-electron chi connectivity index (χ3n) is 7.17. The van der Waals surface area contributed by atoms with Crippen molar-refractivity contribution in [3.05, 3.63) is 126 Å². The SMILES string of the molecule is CCCCn1c(O)c2c(c1-c1ccc(-c3ccccc3)cc1)C(=O)N=C2c1ccc(-c2ccccc2)cc1. The van der Waals surface area contributed by atoms with Crippen LogP contribution in [0.3, 0.4) is 0 Å². The number of hydrogen-bond acceptors (Lipinski definition) is 2. The average Bonchev–Trinajstić information content (AvgIpc) is 3.47. The molecule has 1 aliphatic rings. The minimum atomic E-state index is -0.310. The van der Waals surface area contributed by atoms with Gasteiger partial charge in [-0.1, -0.05) is 123 Å². The molecule has 0 aliphatic carbocycles. The number of aromatic nitrogens is 1. The van der Waals surface area contributed by atoms with Gasteiger partial charge in [0.25, 0.3) is 5.91 Å². The van der Waals surface area contributed by atoms with Crippen molar-refractivity contribution in [1.29, 1.82) is 0 Å². The summed E-state index contributed by atoms with van der Waals surface area (Å²) >= 11 is 0. The average molecular weight is 497 g/mol. The van der Waals surface area contributed by atoms with E-state index in [4.69, 9.17) is 0 Å². The fourth-order valence-electron chi connectivity index (χ4n) is 5.20. The van der Waals surface area contributed by atoms with Crippen LogP contribution in [0.15, 0.2) is 114 Å². The Kier molecular flexibility index (Phi) is 6.22. The van der Waals surface area contributed by atoms with Gasteiger partial charge in [0.2, 0.25) is 5.88 Å². The van der Waals surface area contributed by atoms with Crippen molar-refractivity contribution < 1.29 is 9.90 Å². The molecule has 38 heavy (non-hydrogen) atoms. The molecule has 0 radical (unpaired) electrons. The number of nitrogens with zero attached hydrogens (tertiary/aromatic N) is 2. The highest BCUT2D eigenvalue weighted by Crippen LogP contribution is 2.42. The maximum Gasteiger partial charge on any atom is 0.280 e. The molecule has 5 aromatic rings. The molecule has 0 atom stereocenters. The summed E-state index contributed by atoms with van der Waals surface area (Å²) in [5.74, 6) is -0.206. The second kappa shape index (κ2) is 9.98. The monoisotopic (exact) mass is 496 g/mol. The number of rotatable bonds is 7. The van der Waals surface area contributed by atoms with Crippen LogP contribution in [0.25, 0.3) is 33.5 Å². The van der Waals surface area contributed by atoms with Gasteiger partial charge in [0.1, 0.15) is 0 Å². The highest BCUT2D eigenvalue weighted by molar-refractivity contribution is 6.30. The standard InChI is InChI=1S/C34H28N2O2/c1-2-3-22-36-32(28-20-16-26(17-21-28)24-12-8-5-9-13-24)30-29(34(36)38)31(35-33(30)37)27-18-14-25(15-19-27)23-10-6-4-7-11-23/h4-21,38H,2-3,22H2,1H3. The van der Waals surface area contributed by atoms with Gasteiger partial charge in [-0.25, -0.2) is 4.99 Å². The molecule has 0 spiro atoms. The van der Waals surface area contributed by atoms with E-state index in [-0.39, 0.29) is 11.8 Å². The summed E-state index contributed by atoms with van der Waals surface area (Å²) in [4.78, 5) is 17.8. The lowest BCUT2D eigenvalue weighted by Gasteiger charge is -2.12. The fraction of sp³-hybridized carbons (Fsp3) is 0.118. The maximum atomic E-state index is 13.3. The van der Waals surface area contributed by atoms with Crippen LogP contribution >= 0.6 is 0 Å². The van der Waals surface area contributed by atoms with E-state index in [0.29, 0.717) is 23.4 Å². The Morgan fingerprint density at radius 1 is 0.632 bits per heavy atom. The van der Waals surface area contributed by atoms with Crippen LogP contribution < -0.4 is 0 Å². The van der Waals surface area contributed by atoms with E-state index in [2.05, 4.69) is 48.3 Å². The third-order valence-corrected chi connectivity index (χ3v) is 7.17. The largest absolute Gasteiger partial charge is 0.494 e. The summed E-state index contributed by atoms with van der Waals surface area (Å²) < 4.78 is 1.89. The number of hydrogen-bond donors (Lipinski definition) is 1. The number of carbonyl (C=O) groups excluding carboxylic acids is 1. The molecule has 6 rings (SSSR count). The van der Waals surface area contributed by atoms with Crippen molar-refractivity contribution in [3.8, 4) is 39.4 Å². The number of amides is 1. The second-order valence-corrected chi connectivity index (χ2v) is 9.58. The van der Waals surface area contributed by atoms with E-state index < -0.39 is 0 Å². The highest BCUT2D eigenvalue weighted by Gasteiger charge is 2.36. The molecular formula is C34H28N2O2. The van der Waals surface area contributed by atoms with Crippen LogP contribution in [0.4, 0.5) is 0 Å². The van der Waals surface area contributed by atoms with E-state index >= 15 is 0 Å². The number of benzene rings is 4. The highest BCUT2D eigenvalue weighted by atomic mass is 16.3. The number of carbonyl (C=O) groups is 1. The van der Waals surface area contributed by atoms with Crippen molar-refractivity contribution in [2.24, 2.45) is 4.99 Å². The van der Waals surface area contributed by atoms with Crippen LogP contribution in [-0.4, -0.2) is 21.3 Å². The van der Waals surface area contributed by atoms with Gasteiger partial charge >= 0.3 is 0 Å². The van der Waals surface area contributed by atoms with Crippen molar-refractivity contribution in [2.75, 3.05) is 0 Å². The Bertz CT molecular complexity index is 1630. The van der Waals surface area contributed by atoms with Crippen molar-refractivity contribution in [3.63, 3.8) is 0 Å². The molecule has 1 aromatic heterocycles. The van der Waals surface area contributed by atoms with E-state index in [9.17, 15) is 9.90 Å². The lowest BCUT2D eigenvalue weighted by atomic mass is 9.97. The van der Waals surface area contributed by atoms with E-state index in [1.807, 2.05) is 77.4 Å². The van der Waals surface area contributed by atoms with Crippen molar-refractivity contribution in [1.82, 2.24) is 4.57 Å². The number of aliphatic imine (C=N–C) groups is 1. The molecule has 4 nitrogen and oxygen atoms in total. The zero-order valence-electron chi connectivity index (χ0n) is 21.3. The number of fused-ring (bicyclic) bond motifs is 1. The Morgan fingerprint density at radius 2 is 1.11 bits per heavy atom. The lowest BCUT2D eigenvalue weighted by Crippen LogP contribution is -2.04. The Hall–Kier alpha value is -4.70. The summed E-state index contributed by atoms with van der Waals surface area (Å²) in [6.07, 6.45) is 1.87. The van der Waals surface area contributed by atoms with Crippen molar-refractivity contribution >= 4 is 11.6 Å². The normalized spacial score (nSPS) is 12.4. The van der Waals surface area contributed by atoms with Gasteiger partial charge in [0.05, 0.1) is 22.5 Å². The Balaban J connectivity index is 1.42. The van der Waals surface area contributed by atoms with E-state index in [1.165, 1.54) is 0 Å². The third kappa shape index (κ3) is 4.14. The first-order valence-electron chi connectivity index (χ1n) is 13.1. The molecule has 0 saturated heterocycles. The second-order valence-electron chi connectivity index (χ2n) is 9.58. The lowest BCUT2D eigenvalue weighted by molar-refractivity contribution is 0.101. The minimum absolute atomic E-state index is 0.104. The molecule has 0 unspecified atom stereocenters. The molecule has 0 saturated carbocycles. The van der Waals surface area contributed by atoms with E-state index in [0.717, 1.165) is 51.9 Å². The molecule has 4 heteroatoms. The predicted molar refractivity (Wildman–Crippen MR) is 154 cm³/mol. The minimum Gasteiger partial charge on any atom is -0.494 e. The number of unbranched alkanes of at least 4 members (excludes halogenated alkanes) is 1. The Labute approximate surface area is 222 Å². The first-order valence-corrected chi connectivity index (χ1v) is 13.1. The van der Waals surface area contributed by atoms with Gasteiger partial charge in [0, 0.05) is 12.1 Å². The predicted octanol–water partition coefficient (Wildman–Crippen LogP) is 7.99. The molecule has 1 N–H and O–H groups in total. The maximum absolute atomic E-state index is 13.3. The molecule has 186 valence electrons. The van der Waals surface area contributed by atoms with Crippen LogP contribution in [-0.2, 0) is 6.54 Å². The molecule has 1 aliphatic heterocycles. The van der Waals surface area contributed by atoms with Crippen LogP contribution in [0.1, 0.15) is 41.3 Å². The summed E-state index contributed by atoms with van der Waals surface area (Å²) in [6.45, 7) is 2.74. The molecule has 0 bridgehead atoms. The van der Waals surface area contributed by atoms with Crippen molar-refractivity contribution in [2.45, 2.75) is 26.3 Å². The van der Waals surface area contributed by atoms with Crippen LogP contribution in [0.5, 0.6) is 5.88 Å². The first-order chi connectivity index (χ1) is 18.7. The number of aromatic hydroxyl groups is 1. The van der Waals surface area contributed by atoms with Gasteiger partial charge < -0.3 is 9.67 Å². The van der Waals surface area contributed by atoms with Gasteiger partial charge in [-0.2, -0.15) is 0 Å². The molecular weight excluding hydrogens is 468 g/mol. The first kappa shape index (κ1) is 23.7. The van der Waals surface area contributed by atoms with Gasteiger partial charge in [-0.3, -0.25) is 4.79 Å². The topological polar surface area (TPSA) is 54.6 Å². The summed E-state index contributed by atoms with van der Waals surface area (Å²) in [5.41, 5.74) is 8.41. The molecule has 1 amide bonds. The fourth-order valence-corrected chi connectivity index (χ4v) is 5.20. The molecule has 2 heterocycles. The van der Waals surface area contributed by atoms with Crippen LogP contribution in [0, 0.1) is 0 Å². The zero-order chi connectivity index (χ0) is 26.1. The molecule has 0 fully saturated rings. The smallest absolute Gasteiger partial charge is 0.280 e. The summed E-state index contributed by atoms with van der Waals surface area (Å²) in [5, 5.41) is 11.5. The quantitative estimate of drug-likeness (QED) is 0.248. The van der Waals surface area contributed by atoms with Gasteiger partial charge in [0.15, 0.2) is 0 Å². The zero-order valence-corrected chi connectivity index (χ0v) is 21.3. The molecule has 4 aromatic carbocycles. The van der Waals surface area contributed by atoms with Gasteiger partial charge in [-0.15, -0.1) is 0 Å². The summed E-state index contributed by atoms with van der Waals surface area (Å²) in [6, 6.07) is 36.6. The van der Waals surface area contributed by atoms with E-state index in [1.54, 1.807) is 0 Å². The van der Waals surface area contributed by atoms with Crippen LogP contribution in [0.2, 0.25) is 0 Å². The Morgan fingerprint density at radius 3 is 1.63 bits per heavy atom. The summed E-state index contributed by atoms with van der Waals surface area (Å²) in [7, 11) is 0. The van der Waals surface area contributed by atoms with Gasteiger partial charge in [-0.05, 0) is 34.2 Å².